The van der Waals surface area contributed by atoms with Gasteiger partial charge in [0.2, 0.25) is 0 Å². The summed E-state index contributed by atoms with van der Waals surface area (Å²) in [6, 6.07) is 0. The van der Waals surface area contributed by atoms with Gasteiger partial charge in [-0.25, -0.2) is 33.6 Å². The molecule has 106 heavy (non-hydrogen) atoms. The molecule has 596 valence electrons. The number of carbonyl (C=O) groups is 7. The summed E-state index contributed by atoms with van der Waals surface area (Å²) in [6.45, 7) is 54.5. The lowest BCUT2D eigenvalue weighted by Crippen LogP contribution is -2.62. The average Bonchev–Trinajstić information content (AvgIpc) is 1.07. The van der Waals surface area contributed by atoms with Gasteiger partial charge in [0.15, 0.2) is 0 Å². The first-order valence-electron chi connectivity index (χ1n) is 41.9. The minimum Gasteiger partial charge on any atom is -0.456 e. The molecule has 16 aliphatic carbocycles. The number of carbonyl (C=O) groups excluding carboxylic acids is 7. The lowest BCUT2D eigenvalue weighted by Gasteiger charge is -2.61. The zero-order chi connectivity index (χ0) is 78.5. The summed E-state index contributed by atoms with van der Waals surface area (Å²) in [4.78, 5) is 81.2. The second-order valence-electron chi connectivity index (χ2n) is 37.1. The molecule has 0 aromatic heterocycles. The van der Waals surface area contributed by atoms with Crippen molar-refractivity contribution in [3.05, 3.63) is 85.1 Å². The molecule has 0 amide bonds. The highest BCUT2D eigenvalue weighted by atomic mass is 16.6. The molecule has 0 radical (unpaired) electrons. The van der Waals surface area contributed by atoms with Crippen molar-refractivity contribution < 1.29 is 66.7 Å². The van der Waals surface area contributed by atoms with Crippen molar-refractivity contribution in [2.24, 2.45) is 76.9 Å². The topological polar surface area (TPSA) is 184 Å². The highest BCUT2D eigenvalue weighted by Crippen LogP contribution is 2.64. The van der Waals surface area contributed by atoms with Crippen molar-refractivity contribution in [2.75, 3.05) is 0 Å². The Hall–Kier alpha value is -5.53. The molecule has 0 aliphatic heterocycles. The molecule has 0 atom stereocenters. The third kappa shape index (κ3) is 21.9. The lowest BCUT2D eigenvalue weighted by molar-refractivity contribution is -0.221. The fourth-order valence-electron chi connectivity index (χ4n) is 22.1. The highest BCUT2D eigenvalue weighted by Gasteiger charge is 2.62. The molecule has 12 bridgehead atoms. The molecule has 16 fully saturated rings. The van der Waals surface area contributed by atoms with E-state index in [1.807, 2.05) is 13.8 Å². The summed E-state index contributed by atoms with van der Waals surface area (Å²) in [5.41, 5.74) is 2.22. The summed E-state index contributed by atoms with van der Waals surface area (Å²) < 4.78 is 39.7. The van der Waals surface area contributed by atoms with Crippen LogP contribution in [0.15, 0.2) is 85.1 Å². The van der Waals surface area contributed by atoms with E-state index >= 15 is 0 Å². The molecule has 14 nitrogen and oxygen atoms in total. The third-order valence-electron chi connectivity index (χ3n) is 27.9. The Balaban J connectivity index is 0.000000174. The standard InChI is InChI=1S/C17H26O2.C16H24O2.C15H22O2.C12H20O2.2C11H18O2.C10H16O2/c1-10(2)16(18)19-17(11(3)4)14-6-12-5-13(8-14)9-15(17)7-12;1-4-16(18-15(17)10(2)3)13-6-11-5-12(8-13)9-14(16)7-11;1-9(2)14(16)17-15(3)12-5-10-4-11(7-12)8-13(15)6-10;1-4-12(8-6-5-7-9-12)14-11(13)10(2)3;1-9(2)10(12)13-11(3)7-5-4-6-8-11;1-4-11(7-5-6-8-11)13-10(12)9(2)3;1-8(2)9(11)12-10(3)6-4-5-7-10/h11-15H,1,5-9H2,2-4H3;11-14H,2,4-9H2,1,3H3;10-13H,1,4-8H2,2-3H3;2,4-9H2,1,3H3;1,4-8H2,2-3H3;2,4-8H2,1,3H3;1,4-7H2,2-3H3. The summed E-state index contributed by atoms with van der Waals surface area (Å²) in [5.74, 6) is 7.95. The second kappa shape index (κ2) is 37.5. The zero-order valence-electron chi connectivity index (χ0n) is 69.1. The monoisotopic (exact) mass is 1470 g/mol. The van der Waals surface area contributed by atoms with Gasteiger partial charge in [0.05, 0.1) is 0 Å². The van der Waals surface area contributed by atoms with Gasteiger partial charge in [-0.3, -0.25) is 0 Å². The summed E-state index contributed by atoms with van der Waals surface area (Å²) in [7, 11) is 0. The van der Waals surface area contributed by atoms with Crippen LogP contribution in [0, 0.1) is 76.9 Å². The third-order valence-corrected chi connectivity index (χ3v) is 27.9. The molecular formula is C92H144O14. The fraction of sp³-hybridized carbons (Fsp3) is 0.772. The molecular weight excluding hydrogens is 1330 g/mol. The van der Waals surface area contributed by atoms with Gasteiger partial charge in [0, 0.05) is 39.0 Å². The maximum absolute atomic E-state index is 12.1. The van der Waals surface area contributed by atoms with Gasteiger partial charge < -0.3 is 33.2 Å². The van der Waals surface area contributed by atoms with Gasteiger partial charge in [0.1, 0.15) is 39.2 Å². The van der Waals surface area contributed by atoms with Gasteiger partial charge in [-0.2, -0.15) is 0 Å². The number of esters is 7. The van der Waals surface area contributed by atoms with E-state index in [1.54, 1.807) is 48.5 Å². The van der Waals surface area contributed by atoms with E-state index in [-0.39, 0.29) is 81.0 Å². The molecule has 0 spiro atoms. The van der Waals surface area contributed by atoms with Gasteiger partial charge in [0.25, 0.3) is 0 Å². The van der Waals surface area contributed by atoms with Crippen LogP contribution in [-0.2, 0) is 66.7 Å². The quantitative estimate of drug-likeness (QED) is 0.0717. The summed E-state index contributed by atoms with van der Waals surface area (Å²) >= 11 is 0. The largest absolute Gasteiger partial charge is 0.456 e. The second-order valence-corrected chi connectivity index (χ2v) is 37.1. The average molecular weight is 1470 g/mol. The smallest absolute Gasteiger partial charge is 0.333 e. The minimum absolute atomic E-state index is 0.163. The van der Waals surface area contributed by atoms with Crippen LogP contribution in [0.1, 0.15) is 335 Å². The molecule has 0 saturated heterocycles. The van der Waals surface area contributed by atoms with Crippen LogP contribution in [0.3, 0.4) is 0 Å². The molecule has 0 aromatic carbocycles. The van der Waals surface area contributed by atoms with E-state index in [4.69, 9.17) is 33.2 Å². The Morgan fingerprint density at radius 2 is 0.528 bits per heavy atom. The molecule has 0 unspecified atom stereocenters. The van der Waals surface area contributed by atoms with Crippen LogP contribution in [0.25, 0.3) is 0 Å². The highest BCUT2D eigenvalue weighted by molar-refractivity contribution is 5.90. The predicted molar refractivity (Wildman–Crippen MR) is 422 cm³/mol. The van der Waals surface area contributed by atoms with Gasteiger partial charge in [-0.05, 0) is 364 Å². The van der Waals surface area contributed by atoms with Crippen molar-refractivity contribution in [3.8, 4) is 0 Å². The number of hydrogen-bond donors (Lipinski definition) is 0. The van der Waals surface area contributed by atoms with Crippen LogP contribution < -0.4 is 0 Å². The van der Waals surface area contributed by atoms with E-state index in [0.717, 1.165) is 106 Å². The first-order chi connectivity index (χ1) is 49.7. The lowest BCUT2D eigenvalue weighted by atomic mass is 9.47. The van der Waals surface area contributed by atoms with Crippen molar-refractivity contribution in [3.63, 3.8) is 0 Å². The van der Waals surface area contributed by atoms with E-state index in [9.17, 15) is 33.6 Å². The molecule has 16 aliphatic rings. The molecule has 16 rings (SSSR count). The maximum atomic E-state index is 12.1. The van der Waals surface area contributed by atoms with E-state index < -0.39 is 0 Å². The van der Waals surface area contributed by atoms with Crippen LogP contribution in [-0.4, -0.2) is 81.0 Å². The Labute approximate surface area is 641 Å². The van der Waals surface area contributed by atoms with E-state index in [0.29, 0.717) is 80.4 Å². The molecule has 0 aromatic rings. The molecule has 0 heterocycles. The molecule has 14 heteroatoms. The zero-order valence-corrected chi connectivity index (χ0v) is 69.1. The van der Waals surface area contributed by atoms with Crippen LogP contribution in [0.5, 0.6) is 0 Å². The predicted octanol–water partition coefficient (Wildman–Crippen LogP) is 22.3. The first kappa shape index (κ1) is 87.7. The van der Waals surface area contributed by atoms with Crippen LogP contribution >= 0.6 is 0 Å². The Kier molecular flexibility index (Phi) is 31.0. The molecule has 16 saturated carbocycles. The van der Waals surface area contributed by atoms with Crippen molar-refractivity contribution >= 4 is 41.8 Å². The summed E-state index contributed by atoms with van der Waals surface area (Å²) in [6.07, 6.45) is 42.4. The van der Waals surface area contributed by atoms with Gasteiger partial charge >= 0.3 is 41.8 Å². The molecule has 0 N–H and O–H groups in total. The van der Waals surface area contributed by atoms with Crippen LogP contribution in [0.4, 0.5) is 0 Å². The Morgan fingerprint density at radius 1 is 0.292 bits per heavy atom. The Bertz CT molecular complexity index is 3080. The number of ether oxygens (including phenoxy) is 7. The van der Waals surface area contributed by atoms with Crippen LogP contribution in [0.2, 0.25) is 0 Å². The van der Waals surface area contributed by atoms with Crippen molar-refractivity contribution in [1.82, 2.24) is 0 Å². The fourth-order valence-corrected chi connectivity index (χ4v) is 22.1. The number of hydrogen-bond acceptors (Lipinski definition) is 14. The number of rotatable bonds is 18. The Morgan fingerprint density at radius 3 is 0.811 bits per heavy atom. The minimum atomic E-state index is -0.251. The van der Waals surface area contributed by atoms with Crippen molar-refractivity contribution in [2.45, 2.75) is 374 Å². The van der Waals surface area contributed by atoms with E-state index in [2.05, 4.69) is 87.6 Å². The van der Waals surface area contributed by atoms with Gasteiger partial charge in [-0.15, -0.1) is 0 Å². The van der Waals surface area contributed by atoms with Crippen molar-refractivity contribution in [1.29, 1.82) is 0 Å². The normalized spacial score (nSPS) is 32.9. The SMILES string of the molecule is C=C(C)C(=O)OC1(C(C)C)C2CC3CC(C2)CC1C3.C=C(C)C(=O)OC1(C)C2CC3CC(C2)CC1C3.C=C(C)C(=O)OC1(C)CCCC1.C=C(C)C(=O)OC1(C)CCCCC1.C=C(C)C(=O)OC1(CC)C2CC3CC(C2)CC1C3.C=C(C)C(=O)OC1(CC)CCCC1.C=C(C)C(=O)OC1(CC)CCCCC1. The van der Waals surface area contributed by atoms with E-state index in [1.165, 1.54) is 161 Å². The maximum Gasteiger partial charge on any atom is 0.333 e. The van der Waals surface area contributed by atoms with Gasteiger partial charge in [-0.1, -0.05) is 93.5 Å². The first-order valence-corrected chi connectivity index (χ1v) is 41.9. The summed E-state index contributed by atoms with van der Waals surface area (Å²) in [5, 5.41) is 0.